The molecule has 0 aromatic carbocycles. The summed E-state index contributed by atoms with van der Waals surface area (Å²) in [6, 6.07) is 0. The molecule has 0 aromatic rings. The van der Waals surface area contributed by atoms with E-state index in [1.54, 1.807) is 0 Å². The van der Waals surface area contributed by atoms with Crippen LogP contribution in [0.4, 0.5) is 0 Å². The van der Waals surface area contributed by atoms with Gasteiger partial charge < -0.3 is 16.2 Å². The molecule has 0 radical (unpaired) electrons. The summed E-state index contributed by atoms with van der Waals surface area (Å²) in [4.78, 5) is 21.8. The molecular weight excluding hydrogens is 220 g/mol. The Balaban J connectivity index is 4.13. The third kappa shape index (κ3) is 8.68. The molecule has 0 aromatic heterocycles. The molecule has 0 fully saturated rings. The normalized spacial score (nSPS) is 14.1. The molecule has 100 valence electrons. The van der Waals surface area contributed by atoms with Gasteiger partial charge in [-0.05, 0) is 18.3 Å². The average Bonchev–Trinajstić information content (AvgIpc) is 2.24. The standard InChI is InChI=1S/C12H24N2O3/c1-3-4-9(2)5-10(6-12(16)17)8-14-11(15)7-13/h9-10H,3-8,13H2,1-2H3,(H,14,15)(H,16,17)/t9-,10+/m1/s1. The van der Waals surface area contributed by atoms with Gasteiger partial charge in [0.2, 0.25) is 5.91 Å². The summed E-state index contributed by atoms with van der Waals surface area (Å²) in [7, 11) is 0. The molecule has 0 unspecified atom stereocenters. The molecule has 0 rings (SSSR count). The largest absolute Gasteiger partial charge is 0.481 e. The van der Waals surface area contributed by atoms with E-state index in [-0.39, 0.29) is 24.8 Å². The van der Waals surface area contributed by atoms with Crippen LogP contribution in [-0.4, -0.2) is 30.1 Å². The highest BCUT2D eigenvalue weighted by atomic mass is 16.4. The van der Waals surface area contributed by atoms with Crippen LogP contribution in [0.5, 0.6) is 0 Å². The first-order valence-electron chi connectivity index (χ1n) is 6.18. The first-order valence-corrected chi connectivity index (χ1v) is 6.18. The number of amides is 1. The second kappa shape index (κ2) is 8.98. The Morgan fingerprint density at radius 3 is 2.53 bits per heavy atom. The molecule has 5 heteroatoms. The number of carbonyl (C=O) groups is 2. The third-order valence-corrected chi connectivity index (χ3v) is 2.75. The topological polar surface area (TPSA) is 92.4 Å². The molecule has 17 heavy (non-hydrogen) atoms. The third-order valence-electron chi connectivity index (χ3n) is 2.75. The van der Waals surface area contributed by atoms with Gasteiger partial charge in [-0.15, -0.1) is 0 Å². The van der Waals surface area contributed by atoms with Crippen LogP contribution in [0.3, 0.4) is 0 Å². The zero-order chi connectivity index (χ0) is 13.3. The minimum absolute atomic E-state index is 0.00968. The van der Waals surface area contributed by atoms with Crippen molar-refractivity contribution >= 4 is 11.9 Å². The summed E-state index contributed by atoms with van der Waals surface area (Å²) in [6.45, 7) is 4.57. The molecule has 0 aliphatic carbocycles. The fourth-order valence-corrected chi connectivity index (χ4v) is 2.00. The molecular formula is C12H24N2O3. The Kier molecular flexibility index (Phi) is 8.40. The van der Waals surface area contributed by atoms with E-state index in [1.807, 2.05) is 0 Å². The smallest absolute Gasteiger partial charge is 0.303 e. The fourth-order valence-electron chi connectivity index (χ4n) is 2.00. The maximum atomic E-state index is 11.0. The Bertz CT molecular complexity index is 244. The molecule has 1 amide bonds. The Labute approximate surface area is 103 Å². The van der Waals surface area contributed by atoms with E-state index in [9.17, 15) is 9.59 Å². The van der Waals surface area contributed by atoms with Gasteiger partial charge in [-0.1, -0.05) is 26.7 Å². The van der Waals surface area contributed by atoms with E-state index < -0.39 is 5.97 Å². The van der Waals surface area contributed by atoms with E-state index in [0.717, 1.165) is 19.3 Å². The van der Waals surface area contributed by atoms with Crippen LogP contribution in [0, 0.1) is 11.8 Å². The zero-order valence-electron chi connectivity index (χ0n) is 10.7. The summed E-state index contributed by atoms with van der Waals surface area (Å²) >= 11 is 0. The summed E-state index contributed by atoms with van der Waals surface area (Å²) in [5, 5.41) is 11.5. The summed E-state index contributed by atoms with van der Waals surface area (Å²) < 4.78 is 0. The van der Waals surface area contributed by atoms with Crippen LogP contribution < -0.4 is 11.1 Å². The van der Waals surface area contributed by atoms with Gasteiger partial charge >= 0.3 is 5.97 Å². The van der Waals surface area contributed by atoms with Crippen LogP contribution in [0.15, 0.2) is 0 Å². The lowest BCUT2D eigenvalue weighted by Crippen LogP contribution is -2.35. The Hall–Kier alpha value is -1.10. The highest BCUT2D eigenvalue weighted by Crippen LogP contribution is 2.19. The Morgan fingerprint density at radius 2 is 2.06 bits per heavy atom. The van der Waals surface area contributed by atoms with Gasteiger partial charge in [0, 0.05) is 13.0 Å². The predicted octanol–water partition coefficient (Wildman–Crippen LogP) is 0.979. The number of hydrogen-bond donors (Lipinski definition) is 3. The number of rotatable bonds is 9. The fraction of sp³-hybridized carbons (Fsp3) is 0.833. The summed E-state index contributed by atoms with van der Waals surface area (Å²) in [6.07, 6.45) is 3.10. The number of aliphatic carboxylic acids is 1. The van der Waals surface area contributed by atoms with Crippen molar-refractivity contribution in [3.8, 4) is 0 Å². The molecule has 0 aliphatic rings. The molecule has 2 atom stereocenters. The van der Waals surface area contributed by atoms with E-state index in [1.165, 1.54) is 0 Å². The lowest BCUT2D eigenvalue weighted by molar-refractivity contribution is -0.138. The molecule has 0 heterocycles. The Morgan fingerprint density at radius 1 is 1.41 bits per heavy atom. The van der Waals surface area contributed by atoms with Crippen molar-refractivity contribution in [3.63, 3.8) is 0 Å². The van der Waals surface area contributed by atoms with Crippen LogP contribution in [0.25, 0.3) is 0 Å². The van der Waals surface area contributed by atoms with Crippen LogP contribution in [0.1, 0.15) is 39.5 Å². The van der Waals surface area contributed by atoms with Gasteiger partial charge in [-0.25, -0.2) is 0 Å². The number of carboxylic acids is 1. The number of carboxylic acid groups (broad SMARTS) is 1. The lowest BCUT2D eigenvalue weighted by atomic mass is 9.90. The zero-order valence-corrected chi connectivity index (χ0v) is 10.7. The van der Waals surface area contributed by atoms with E-state index in [4.69, 9.17) is 10.8 Å². The first kappa shape index (κ1) is 15.9. The highest BCUT2D eigenvalue weighted by molar-refractivity contribution is 5.77. The second-order valence-corrected chi connectivity index (χ2v) is 4.60. The molecule has 0 saturated heterocycles. The van der Waals surface area contributed by atoms with Crippen molar-refractivity contribution in [2.24, 2.45) is 17.6 Å². The maximum Gasteiger partial charge on any atom is 0.303 e. The minimum Gasteiger partial charge on any atom is -0.481 e. The van der Waals surface area contributed by atoms with Gasteiger partial charge in [0.05, 0.1) is 6.54 Å². The molecule has 0 spiro atoms. The van der Waals surface area contributed by atoms with Gasteiger partial charge in [0.25, 0.3) is 0 Å². The van der Waals surface area contributed by atoms with Gasteiger partial charge in [-0.2, -0.15) is 0 Å². The highest BCUT2D eigenvalue weighted by Gasteiger charge is 2.17. The van der Waals surface area contributed by atoms with Gasteiger partial charge in [-0.3, -0.25) is 9.59 Å². The molecule has 0 bridgehead atoms. The first-order chi connectivity index (χ1) is 7.99. The molecule has 0 aliphatic heterocycles. The number of nitrogens with one attached hydrogen (secondary N) is 1. The molecule has 4 N–H and O–H groups in total. The van der Waals surface area contributed by atoms with Crippen molar-refractivity contribution in [2.45, 2.75) is 39.5 Å². The lowest BCUT2D eigenvalue weighted by Gasteiger charge is -2.19. The quantitative estimate of drug-likeness (QED) is 0.563. The van der Waals surface area contributed by atoms with Gasteiger partial charge in [0.1, 0.15) is 0 Å². The van der Waals surface area contributed by atoms with Crippen molar-refractivity contribution in [1.82, 2.24) is 5.32 Å². The monoisotopic (exact) mass is 244 g/mol. The van der Waals surface area contributed by atoms with Gasteiger partial charge in [0.15, 0.2) is 0 Å². The SMILES string of the molecule is CCC[C@@H](C)C[C@H](CNC(=O)CN)CC(=O)O. The van der Waals surface area contributed by atoms with Crippen LogP contribution in [0.2, 0.25) is 0 Å². The van der Waals surface area contributed by atoms with Crippen molar-refractivity contribution in [3.05, 3.63) is 0 Å². The van der Waals surface area contributed by atoms with Crippen molar-refractivity contribution in [2.75, 3.05) is 13.1 Å². The predicted molar refractivity (Wildman–Crippen MR) is 66.5 cm³/mol. The number of hydrogen-bond acceptors (Lipinski definition) is 3. The molecule has 5 nitrogen and oxygen atoms in total. The van der Waals surface area contributed by atoms with E-state index >= 15 is 0 Å². The number of nitrogens with two attached hydrogens (primary N) is 1. The van der Waals surface area contributed by atoms with Crippen LogP contribution in [-0.2, 0) is 9.59 Å². The maximum absolute atomic E-state index is 11.0. The van der Waals surface area contributed by atoms with E-state index in [0.29, 0.717) is 12.5 Å². The molecule has 0 saturated carbocycles. The van der Waals surface area contributed by atoms with Crippen LogP contribution >= 0.6 is 0 Å². The second-order valence-electron chi connectivity index (χ2n) is 4.60. The van der Waals surface area contributed by atoms with E-state index in [2.05, 4.69) is 19.2 Å². The van der Waals surface area contributed by atoms with Crippen molar-refractivity contribution < 1.29 is 14.7 Å². The number of carbonyl (C=O) groups excluding carboxylic acids is 1. The minimum atomic E-state index is -0.819. The summed E-state index contributed by atoms with van der Waals surface area (Å²) in [5.41, 5.74) is 5.18. The summed E-state index contributed by atoms with van der Waals surface area (Å²) in [5.74, 6) is -0.576. The van der Waals surface area contributed by atoms with Crippen molar-refractivity contribution in [1.29, 1.82) is 0 Å². The average molecular weight is 244 g/mol.